The zero-order chi connectivity index (χ0) is 16.9. The van der Waals surface area contributed by atoms with Crippen molar-refractivity contribution in [1.82, 2.24) is 15.1 Å². The Hall–Kier alpha value is -1.88. The maximum atomic E-state index is 12.9. The molecule has 1 N–H and O–H groups in total. The van der Waals surface area contributed by atoms with Gasteiger partial charge in [-0.25, -0.2) is 0 Å². The Bertz CT molecular complexity index is 596. The molecule has 0 bridgehead atoms. The molecule has 0 aliphatic carbocycles. The van der Waals surface area contributed by atoms with Crippen LogP contribution in [0.2, 0.25) is 0 Å². The number of hydrogen-bond donors (Lipinski definition) is 1. The largest absolute Gasteiger partial charge is 0.341 e. The Morgan fingerprint density at radius 2 is 2.17 bits per heavy atom. The molecule has 0 saturated carbocycles. The van der Waals surface area contributed by atoms with Crippen LogP contribution in [0, 0.1) is 0 Å². The molecule has 2 saturated heterocycles. The molecule has 130 valence electrons. The van der Waals surface area contributed by atoms with Crippen molar-refractivity contribution in [2.75, 3.05) is 39.8 Å². The normalized spacial score (nSPS) is 21.1. The van der Waals surface area contributed by atoms with E-state index in [1.807, 2.05) is 30.1 Å². The molecule has 2 amide bonds. The van der Waals surface area contributed by atoms with Gasteiger partial charge < -0.3 is 15.1 Å². The second kappa shape index (κ2) is 7.79. The Balaban J connectivity index is 1.64. The molecule has 1 unspecified atom stereocenters. The van der Waals surface area contributed by atoms with E-state index in [2.05, 4.69) is 11.4 Å². The van der Waals surface area contributed by atoms with Crippen LogP contribution >= 0.6 is 0 Å². The summed E-state index contributed by atoms with van der Waals surface area (Å²) < 4.78 is 0. The van der Waals surface area contributed by atoms with Crippen LogP contribution in [0.5, 0.6) is 0 Å². The molecule has 5 heteroatoms. The molecule has 5 nitrogen and oxygen atoms in total. The van der Waals surface area contributed by atoms with Crippen molar-refractivity contribution in [1.29, 1.82) is 0 Å². The van der Waals surface area contributed by atoms with Gasteiger partial charge in [-0.05, 0) is 43.4 Å². The minimum atomic E-state index is 0.0574. The summed E-state index contributed by atoms with van der Waals surface area (Å²) in [6.45, 7) is 4.00. The first-order valence-corrected chi connectivity index (χ1v) is 8.99. The van der Waals surface area contributed by atoms with E-state index in [4.69, 9.17) is 0 Å². The molecule has 1 atom stereocenters. The van der Waals surface area contributed by atoms with E-state index < -0.39 is 0 Å². The highest BCUT2D eigenvalue weighted by Crippen LogP contribution is 2.26. The van der Waals surface area contributed by atoms with Crippen molar-refractivity contribution < 1.29 is 9.59 Å². The molecule has 1 aromatic carbocycles. The number of nitrogens with one attached hydrogen (secondary N) is 1. The molecular formula is C19H27N3O2. The Morgan fingerprint density at radius 3 is 2.92 bits per heavy atom. The van der Waals surface area contributed by atoms with Crippen LogP contribution in [0.25, 0.3) is 0 Å². The summed E-state index contributed by atoms with van der Waals surface area (Å²) in [6, 6.07) is 7.95. The molecule has 2 heterocycles. The lowest BCUT2D eigenvalue weighted by Gasteiger charge is -2.29. The minimum Gasteiger partial charge on any atom is -0.341 e. The zero-order valence-corrected chi connectivity index (χ0v) is 14.5. The first kappa shape index (κ1) is 17.0. The SMILES string of the molecule is CN(CCN1CCCCC1=O)C(=O)c1ccccc1C1CCNC1. The van der Waals surface area contributed by atoms with Gasteiger partial charge >= 0.3 is 0 Å². The number of likely N-dealkylation sites (tertiary alicyclic amines) is 1. The summed E-state index contributed by atoms with van der Waals surface area (Å²) >= 11 is 0. The zero-order valence-electron chi connectivity index (χ0n) is 14.5. The fourth-order valence-electron chi connectivity index (χ4n) is 3.64. The van der Waals surface area contributed by atoms with Gasteiger partial charge in [0.15, 0.2) is 0 Å². The number of piperidine rings is 1. The molecule has 2 aliphatic rings. The number of carbonyl (C=O) groups excluding carboxylic acids is 2. The highest BCUT2D eigenvalue weighted by molar-refractivity contribution is 5.95. The van der Waals surface area contributed by atoms with Crippen molar-refractivity contribution in [2.24, 2.45) is 0 Å². The third-order valence-corrected chi connectivity index (χ3v) is 5.16. The molecule has 2 aliphatic heterocycles. The lowest BCUT2D eigenvalue weighted by Crippen LogP contribution is -2.41. The molecule has 0 spiro atoms. The van der Waals surface area contributed by atoms with E-state index >= 15 is 0 Å². The van der Waals surface area contributed by atoms with Crippen LogP contribution in [0.4, 0.5) is 0 Å². The van der Waals surface area contributed by atoms with E-state index in [1.54, 1.807) is 4.90 Å². The maximum absolute atomic E-state index is 12.9. The van der Waals surface area contributed by atoms with Gasteiger partial charge in [-0.15, -0.1) is 0 Å². The standard InChI is InChI=1S/C19H27N3O2/c1-21(12-13-22-11-5-4-8-18(22)23)19(24)17-7-3-2-6-16(17)15-9-10-20-14-15/h2-3,6-7,15,20H,4-5,8-14H2,1H3. The molecule has 2 fully saturated rings. The fourth-order valence-corrected chi connectivity index (χ4v) is 3.64. The smallest absolute Gasteiger partial charge is 0.253 e. The summed E-state index contributed by atoms with van der Waals surface area (Å²) in [4.78, 5) is 28.4. The molecule has 0 radical (unpaired) electrons. The van der Waals surface area contributed by atoms with Crippen molar-refractivity contribution in [3.8, 4) is 0 Å². The van der Waals surface area contributed by atoms with E-state index in [0.29, 0.717) is 25.4 Å². The third kappa shape index (κ3) is 3.78. The first-order valence-electron chi connectivity index (χ1n) is 8.99. The number of likely N-dealkylation sites (N-methyl/N-ethyl adjacent to an activating group) is 1. The number of benzene rings is 1. The van der Waals surface area contributed by atoms with Gasteiger partial charge in [-0.1, -0.05) is 18.2 Å². The summed E-state index contributed by atoms with van der Waals surface area (Å²) in [5.41, 5.74) is 1.95. The Labute approximate surface area is 144 Å². The van der Waals surface area contributed by atoms with Crippen molar-refractivity contribution in [2.45, 2.75) is 31.6 Å². The summed E-state index contributed by atoms with van der Waals surface area (Å²) in [5.74, 6) is 0.698. The average molecular weight is 329 g/mol. The molecule has 1 aromatic rings. The lowest BCUT2D eigenvalue weighted by atomic mass is 9.93. The van der Waals surface area contributed by atoms with E-state index in [-0.39, 0.29) is 11.8 Å². The van der Waals surface area contributed by atoms with Crippen LogP contribution in [-0.4, -0.2) is 61.4 Å². The van der Waals surface area contributed by atoms with Crippen LogP contribution in [0.3, 0.4) is 0 Å². The highest BCUT2D eigenvalue weighted by atomic mass is 16.2. The summed E-state index contributed by atoms with van der Waals surface area (Å²) in [7, 11) is 1.83. The number of carbonyl (C=O) groups is 2. The molecule has 0 aromatic heterocycles. The summed E-state index contributed by atoms with van der Waals surface area (Å²) in [5, 5.41) is 3.37. The first-order chi connectivity index (χ1) is 11.7. The topological polar surface area (TPSA) is 52.7 Å². The number of rotatable bonds is 5. The van der Waals surface area contributed by atoms with Gasteiger partial charge in [-0.3, -0.25) is 9.59 Å². The lowest BCUT2D eigenvalue weighted by molar-refractivity contribution is -0.133. The number of nitrogens with zero attached hydrogens (tertiary/aromatic N) is 2. The number of hydrogen-bond acceptors (Lipinski definition) is 3. The predicted octanol–water partition coefficient (Wildman–Crippen LogP) is 1.85. The fraction of sp³-hybridized carbons (Fsp3) is 0.579. The van der Waals surface area contributed by atoms with Crippen molar-refractivity contribution in [3.05, 3.63) is 35.4 Å². The molecule has 24 heavy (non-hydrogen) atoms. The van der Waals surface area contributed by atoms with Gasteiger partial charge in [0.1, 0.15) is 0 Å². The van der Waals surface area contributed by atoms with Crippen LogP contribution in [-0.2, 0) is 4.79 Å². The van der Waals surface area contributed by atoms with Gasteiger partial charge in [-0.2, -0.15) is 0 Å². The second-order valence-electron chi connectivity index (χ2n) is 6.84. The van der Waals surface area contributed by atoms with E-state index in [9.17, 15) is 9.59 Å². The minimum absolute atomic E-state index is 0.0574. The maximum Gasteiger partial charge on any atom is 0.253 e. The monoisotopic (exact) mass is 329 g/mol. The summed E-state index contributed by atoms with van der Waals surface area (Å²) in [6.07, 6.45) is 3.79. The van der Waals surface area contributed by atoms with Crippen LogP contribution in [0.1, 0.15) is 47.5 Å². The Kier molecular flexibility index (Phi) is 5.51. The van der Waals surface area contributed by atoms with Gasteiger partial charge in [0.05, 0.1) is 0 Å². The van der Waals surface area contributed by atoms with Gasteiger partial charge in [0.25, 0.3) is 5.91 Å². The van der Waals surface area contributed by atoms with Crippen molar-refractivity contribution >= 4 is 11.8 Å². The Morgan fingerprint density at radius 1 is 1.33 bits per heavy atom. The van der Waals surface area contributed by atoms with Gasteiger partial charge in [0, 0.05) is 45.2 Å². The van der Waals surface area contributed by atoms with Crippen LogP contribution in [0.15, 0.2) is 24.3 Å². The molecule has 3 rings (SSSR count). The highest BCUT2D eigenvalue weighted by Gasteiger charge is 2.24. The molecular weight excluding hydrogens is 302 g/mol. The van der Waals surface area contributed by atoms with Gasteiger partial charge in [0.2, 0.25) is 5.91 Å². The number of amides is 2. The second-order valence-corrected chi connectivity index (χ2v) is 6.84. The predicted molar refractivity (Wildman–Crippen MR) is 94.1 cm³/mol. The quantitative estimate of drug-likeness (QED) is 0.897. The third-order valence-electron chi connectivity index (χ3n) is 5.16. The average Bonchev–Trinajstić information content (AvgIpc) is 3.14. The van der Waals surface area contributed by atoms with Crippen LogP contribution < -0.4 is 5.32 Å². The van der Waals surface area contributed by atoms with E-state index in [0.717, 1.165) is 50.0 Å². The van der Waals surface area contributed by atoms with E-state index in [1.165, 1.54) is 0 Å². The van der Waals surface area contributed by atoms with Crippen molar-refractivity contribution in [3.63, 3.8) is 0 Å².